The smallest absolute Gasteiger partial charge is 0.139 e. The average molecular weight is 182 g/mol. The number of hydrogen-bond donors (Lipinski definition) is 0. The van der Waals surface area contributed by atoms with E-state index in [0.717, 1.165) is 19.3 Å². The van der Waals surface area contributed by atoms with Crippen molar-refractivity contribution in [1.29, 1.82) is 0 Å². The van der Waals surface area contributed by atoms with Crippen molar-refractivity contribution >= 4 is 5.78 Å². The van der Waals surface area contributed by atoms with Crippen LogP contribution in [0.5, 0.6) is 0 Å². The fraction of sp³-hybridized carbons (Fsp3) is 0.917. The van der Waals surface area contributed by atoms with Crippen LogP contribution in [0.2, 0.25) is 0 Å². The van der Waals surface area contributed by atoms with Gasteiger partial charge in [0.25, 0.3) is 0 Å². The molecule has 0 aromatic rings. The second-order valence-corrected chi connectivity index (χ2v) is 4.43. The van der Waals surface area contributed by atoms with Crippen LogP contribution in [-0.4, -0.2) is 5.78 Å². The third kappa shape index (κ3) is 2.32. The summed E-state index contributed by atoms with van der Waals surface area (Å²) in [5.41, 5.74) is 0. The third-order valence-corrected chi connectivity index (χ3v) is 3.61. The van der Waals surface area contributed by atoms with Crippen LogP contribution in [-0.2, 0) is 4.79 Å². The van der Waals surface area contributed by atoms with E-state index in [1.54, 1.807) is 0 Å². The molecular formula is C12H22O. The second kappa shape index (κ2) is 4.78. The first-order valence-electron chi connectivity index (χ1n) is 5.74. The van der Waals surface area contributed by atoms with E-state index in [2.05, 4.69) is 20.8 Å². The molecule has 1 rings (SSSR count). The number of Topliss-reactive ketones (excluding diaryl/α,β-unsaturated/α-hetero) is 1. The Kier molecular flexibility index (Phi) is 3.95. The molecule has 0 aliphatic heterocycles. The number of carbonyl (C=O) groups is 1. The molecule has 0 aromatic carbocycles. The first-order valence-corrected chi connectivity index (χ1v) is 5.74. The topological polar surface area (TPSA) is 17.1 Å². The van der Waals surface area contributed by atoms with E-state index in [1.165, 1.54) is 12.8 Å². The predicted molar refractivity (Wildman–Crippen MR) is 55.6 cm³/mol. The SMILES string of the molecule is CCC(CC)C(=O)C1CCCC1C. The minimum atomic E-state index is 0.338. The molecule has 2 atom stereocenters. The highest BCUT2D eigenvalue weighted by molar-refractivity contribution is 5.83. The Labute approximate surface area is 81.9 Å². The Morgan fingerprint density at radius 3 is 2.31 bits per heavy atom. The van der Waals surface area contributed by atoms with Crippen molar-refractivity contribution in [2.75, 3.05) is 0 Å². The first-order chi connectivity index (χ1) is 6.20. The van der Waals surface area contributed by atoms with Gasteiger partial charge in [0.2, 0.25) is 0 Å². The first kappa shape index (κ1) is 10.7. The van der Waals surface area contributed by atoms with Crippen molar-refractivity contribution < 1.29 is 4.79 Å². The van der Waals surface area contributed by atoms with Gasteiger partial charge in [-0.15, -0.1) is 0 Å². The van der Waals surface area contributed by atoms with E-state index < -0.39 is 0 Å². The summed E-state index contributed by atoms with van der Waals surface area (Å²) >= 11 is 0. The maximum absolute atomic E-state index is 12.0. The van der Waals surface area contributed by atoms with Crippen molar-refractivity contribution in [3.63, 3.8) is 0 Å². The molecule has 0 aromatic heterocycles. The van der Waals surface area contributed by atoms with E-state index in [9.17, 15) is 4.79 Å². The average Bonchev–Trinajstić information content (AvgIpc) is 2.53. The third-order valence-electron chi connectivity index (χ3n) is 3.61. The highest BCUT2D eigenvalue weighted by Crippen LogP contribution is 2.34. The van der Waals surface area contributed by atoms with Gasteiger partial charge in [0.15, 0.2) is 0 Å². The lowest BCUT2D eigenvalue weighted by atomic mass is 9.84. The van der Waals surface area contributed by atoms with Gasteiger partial charge in [0, 0.05) is 11.8 Å². The fourth-order valence-electron chi connectivity index (χ4n) is 2.56. The molecule has 1 saturated carbocycles. The van der Waals surface area contributed by atoms with E-state index in [0.29, 0.717) is 23.5 Å². The van der Waals surface area contributed by atoms with Gasteiger partial charge in [-0.25, -0.2) is 0 Å². The van der Waals surface area contributed by atoms with Crippen LogP contribution >= 0.6 is 0 Å². The summed E-state index contributed by atoms with van der Waals surface area (Å²) in [6.45, 7) is 6.50. The van der Waals surface area contributed by atoms with Gasteiger partial charge in [-0.2, -0.15) is 0 Å². The van der Waals surface area contributed by atoms with Gasteiger partial charge in [-0.3, -0.25) is 4.79 Å². The van der Waals surface area contributed by atoms with Crippen molar-refractivity contribution in [1.82, 2.24) is 0 Å². The minimum absolute atomic E-state index is 0.338. The zero-order valence-corrected chi connectivity index (χ0v) is 9.18. The molecule has 13 heavy (non-hydrogen) atoms. The maximum Gasteiger partial charge on any atom is 0.139 e. The van der Waals surface area contributed by atoms with E-state index >= 15 is 0 Å². The van der Waals surface area contributed by atoms with Crippen LogP contribution in [0.3, 0.4) is 0 Å². The molecule has 0 amide bonds. The zero-order valence-electron chi connectivity index (χ0n) is 9.18. The molecule has 76 valence electrons. The summed E-state index contributed by atoms with van der Waals surface area (Å²) in [4.78, 5) is 12.0. The summed E-state index contributed by atoms with van der Waals surface area (Å²) in [5.74, 6) is 1.93. The molecule has 2 unspecified atom stereocenters. The Hall–Kier alpha value is -0.330. The van der Waals surface area contributed by atoms with Crippen LogP contribution in [0.15, 0.2) is 0 Å². The number of rotatable bonds is 4. The van der Waals surface area contributed by atoms with Crippen molar-refractivity contribution in [3.05, 3.63) is 0 Å². The normalized spacial score (nSPS) is 28.3. The Morgan fingerprint density at radius 2 is 1.92 bits per heavy atom. The van der Waals surface area contributed by atoms with Gasteiger partial charge in [0.1, 0.15) is 5.78 Å². The highest BCUT2D eigenvalue weighted by Gasteiger charge is 2.32. The molecular weight excluding hydrogens is 160 g/mol. The monoisotopic (exact) mass is 182 g/mol. The predicted octanol–water partition coefficient (Wildman–Crippen LogP) is 3.43. The summed E-state index contributed by atoms with van der Waals surface area (Å²) < 4.78 is 0. The molecule has 1 aliphatic rings. The van der Waals surface area contributed by atoms with E-state index in [-0.39, 0.29) is 0 Å². The summed E-state index contributed by atoms with van der Waals surface area (Å²) in [7, 11) is 0. The highest BCUT2D eigenvalue weighted by atomic mass is 16.1. The minimum Gasteiger partial charge on any atom is -0.299 e. The van der Waals surface area contributed by atoms with E-state index in [1.807, 2.05) is 0 Å². The molecule has 0 N–H and O–H groups in total. The Morgan fingerprint density at radius 1 is 1.31 bits per heavy atom. The lowest BCUT2D eigenvalue weighted by Gasteiger charge is -2.19. The Balaban J connectivity index is 2.54. The number of hydrogen-bond acceptors (Lipinski definition) is 1. The molecule has 0 bridgehead atoms. The fourth-order valence-corrected chi connectivity index (χ4v) is 2.56. The van der Waals surface area contributed by atoms with Crippen molar-refractivity contribution in [2.45, 2.75) is 52.9 Å². The van der Waals surface area contributed by atoms with Gasteiger partial charge in [-0.1, -0.05) is 27.2 Å². The van der Waals surface area contributed by atoms with Gasteiger partial charge < -0.3 is 0 Å². The summed E-state index contributed by atoms with van der Waals surface area (Å²) in [6.07, 6.45) is 5.72. The molecule has 0 saturated heterocycles. The van der Waals surface area contributed by atoms with Gasteiger partial charge >= 0.3 is 0 Å². The summed E-state index contributed by atoms with van der Waals surface area (Å²) in [6, 6.07) is 0. The molecule has 1 fully saturated rings. The van der Waals surface area contributed by atoms with Crippen LogP contribution in [0.25, 0.3) is 0 Å². The zero-order chi connectivity index (χ0) is 9.84. The van der Waals surface area contributed by atoms with Gasteiger partial charge in [0.05, 0.1) is 0 Å². The molecule has 0 heterocycles. The molecule has 0 radical (unpaired) electrons. The molecule has 0 spiro atoms. The molecule has 1 heteroatoms. The largest absolute Gasteiger partial charge is 0.299 e. The second-order valence-electron chi connectivity index (χ2n) is 4.43. The number of carbonyl (C=O) groups excluding carboxylic acids is 1. The lowest BCUT2D eigenvalue weighted by Crippen LogP contribution is -2.24. The van der Waals surface area contributed by atoms with Crippen LogP contribution < -0.4 is 0 Å². The summed E-state index contributed by atoms with van der Waals surface area (Å²) in [5, 5.41) is 0. The van der Waals surface area contributed by atoms with Crippen LogP contribution in [0.4, 0.5) is 0 Å². The quantitative estimate of drug-likeness (QED) is 0.651. The van der Waals surface area contributed by atoms with Crippen molar-refractivity contribution in [3.8, 4) is 0 Å². The Bertz CT molecular complexity index is 170. The number of ketones is 1. The standard InChI is InChI=1S/C12H22O/c1-4-10(5-2)12(13)11-8-6-7-9(11)3/h9-11H,4-8H2,1-3H3. The molecule has 1 nitrogen and oxygen atoms in total. The van der Waals surface area contributed by atoms with Crippen LogP contribution in [0.1, 0.15) is 52.9 Å². The van der Waals surface area contributed by atoms with Crippen LogP contribution in [0, 0.1) is 17.8 Å². The van der Waals surface area contributed by atoms with Crippen molar-refractivity contribution in [2.24, 2.45) is 17.8 Å². The van der Waals surface area contributed by atoms with Gasteiger partial charge in [-0.05, 0) is 31.6 Å². The molecule has 1 aliphatic carbocycles. The lowest BCUT2D eigenvalue weighted by molar-refractivity contribution is -0.127. The maximum atomic E-state index is 12.0. The van der Waals surface area contributed by atoms with E-state index in [4.69, 9.17) is 0 Å².